The van der Waals surface area contributed by atoms with Crippen molar-refractivity contribution in [1.82, 2.24) is 15.2 Å². The predicted molar refractivity (Wildman–Crippen MR) is 111 cm³/mol. The summed E-state index contributed by atoms with van der Waals surface area (Å²) in [6.07, 6.45) is 1.86. The van der Waals surface area contributed by atoms with Gasteiger partial charge in [0.2, 0.25) is 0 Å². The zero-order valence-corrected chi connectivity index (χ0v) is 17.3. The van der Waals surface area contributed by atoms with Gasteiger partial charge in [0, 0.05) is 44.7 Å². The van der Waals surface area contributed by atoms with Gasteiger partial charge in [-0.3, -0.25) is 14.7 Å². The van der Waals surface area contributed by atoms with Gasteiger partial charge in [0.1, 0.15) is 17.5 Å². The largest absolute Gasteiger partial charge is 0.381 e. The molecule has 0 spiro atoms. The summed E-state index contributed by atoms with van der Waals surface area (Å²) in [5.74, 6) is 2.33. The molecule has 4 aliphatic heterocycles. The smallest absolute Gasteiger partial charge is 0.252 e. The maximum atomic E-state index is 13.2. The fourth-order valence-corrected chi connectivity index (χ4v) is 4.99. The number of ether oxygens (including phenoxy) is 1. The monoisotopic (exact) mass is 413 g/mol. The molecule has 0 saturated carbocycles. The maximum absolute atomic E-state index is 13.2. The van der Waals surface area contributed by atoms with Crippen LogP contribution >= 0.6 is 0 Å². The first-order valence-corrected chi connectivity index (χ1v) is 10.9. The van der Waals surface area contributed by atoms with Crippen LogP contribution in [0.25, 0.3) is 0 Å². The van der Waals surface area contributed by atoms with Crippen molar-refractivity contribution in [3.63, 3.8) is 0 Å². The first-order valence-electron chi connectivity index (χ1n) is 10.9. The Morgan fingerprint density at radius 3 is 2.73 bits per heavy atom. The minimum atomic E-state index is -0.321. The van der Waals surface area contributed by atoms with Gasteiger partial charge in [-0.15, -0.1) is 0 Å². The second kappa shape index (κ2) is 8.07. The summed E-state index contributed by atoms with van der Waals surface area (Å²) in [6.45, 7) is 6.66. The molecule has 2 fully saturated rings. The molecule has 160 valence electrons. The van der Waals surface area contributed by atoms with Crippen LogP contribution in [0.15, 0.2) is 34.4 Å². The van der Waals surface area contributed by atoms with Crippen LogP contribution in [0.4, 0.5) is 4.39 Å². The Hall–Kier alpha value is -2.32. The summed E-state index contributed by atoms with van der Waals surface area (Å²) in [5.41, 5.74) is 1.09. The SMILES string of the molecule is CC1CN(Cc2ccc(F)cc2)CC1C1=NN2C(C3CCOCC3)=NCC2C(=O)N1. The lowest BCUT2D eigenvalue weighted by molar-refractivity contribution is -0.123. The van der Waals surface area contributed by atoms with Crippen LogP contribution in [-0.4, -0.2) is 66.4 Å². The highest BCUT2D eigenvalue weighted by Crippen LogP contribution is 2.30. The fourth-order valence-electron chi connectivity index (χ4n) is 4.99. The van der Waals surface area contributed by atoms with Crippen molar-refractivity contribution in [3.05, 3.63) is 35.6 Å². The zero-order chi connectivity index (χ0) is 20.7. The van der Waals surface area contributed by atoms with E-state index >= 15 is 0 Å². The third kappa shape index (κ3) is 3.74. The highest BCUT2D eigenvalue weighted by Gasteiger charge is 2.43. The van der Waals surface area contributed by atoms with E-state index in [2.05, 4.69) is 17.1 Å². The average Bonchev–Trinajstić information content (AvgIpc) is 3.34. The van der Waals surface area contributed by atoms with E-state index in [1.54, 1.807) is 0 Å². The van der Waals surface area contributed by atoms with Crippen molar-refractivity contribution in [1.29, 1.82) is 0 Å². The van der Waals surface area contributed by atoms with E-state index < -0.39 is 0 Å². The standard InChI is InChI=1S/C22H28FN5O2/c1-14-11-27(12-15-2-4-17(23)5-3-15)13-18(14)20-25-22(29)19-10-24-21(28(19)26-20)16-6-8-30-9-7-16/h2-5,14,16,18-19H,6-13H2,1H3,(H,25,26,29). The number of rotatable bonds is 4. The normalized spacial score (nSPS) is 30.1. The number of amidine groups is 2. The molecular weight excluding hydrogens is 385 g/mol. The molecular formula is C22H28FN5O2. The quantitative estimate of drug-likeness (QED) is 0.818. The molecule has 4 aliphatic rings. The van der Waals surface area contributed by atoms with Crippen LogP contribution in [0.3, 0.4) is 0 Å². The third-order valence-corrected chi connectivity index (χ3v) is 6.67. The summed E-state index contributed by atoms with van der Waals surface area (Å²) in [4.78, 5) is 19.8. The van der Waals surface area contributed by atoms with Crippen LogP contribution in [-0.2, 0) is 16.1 Å². The lowest BCUT2D eigenvalue weighted by atomic mass is 9.96. The number of hydrogen-bond acceptors (Lipinski definition) is 6. The Kier molecular flexibility index (Phi) is 5.28. The highest BCUT2D eigenvalue weighted by molar-refractivity contribution is 6.07. The van der Waals surface area contributed by atoms with Crippen molar-refractivity contribution in [2.45, 2.75) is 32.4 Å². The van der Waals surface area contributed by atoms with Gasteiger partial charge in [-0.05, 0) is 36.5 Å². The van der Waals surface area contributed by atoms with Crippen LogP contribution in [0, 0.1) is 23.6 Å². The minimum absolute atomic E-state index is 0.00464. The molecule has 1 N–H and O–H groups in total. The Morgan fingerprint density at radius 2 is 1.97 bits per heavy atom. The molecule has 1 amide bonds. The summed E-state index contributed by atoms with van der Waals surface area (Å²) in [6, 6.07) is 6.35. The second-order valence-corrected chi connectivity index (χ2v) is 8.82. The molecule has 0 bridgehead atoms. The maximum Gasteiger partial charge on any atom is 0.252 e. The number of benzene rings is 1. The van der Waals surface area contributed by atoms with Gasteiger partial charge in [0.15, 0.2) is 6.04 Å². The number of nitrogens with one attached hydrogen (secondary N) is 1. The molecule has 0 aliphatic carbocycles. The highest BCUT2D eigenvalue weighted by atomic mass is 19.1. The van der Waals surface area contributed by atoms with E-state index in [4.69, 9.17) is 14.8 Å². The van der Waals surface area contributed by atoms with Gasteiger partial charge in [0.05, 0.1) is 6.54 Å². The van der Waals surface area contributed by atoms with Gasteiger partial charge >= 0.3 is 0 Å². The topological polar surface area (TPSA) is 69.5 Å². The Morgan fingerprint density at radius 1 is 1.20 bits per heavy atom. The van der Waals surface area contributed by atoms with Crippen LogP contribution < -0.4 is 5.32 Å². The van der Waals surface area contributed by atoms with Gasteiger partial charge < -0.3 is 10.1 Å². The molecule has 3 atom stereocenters. The number of carbonyl (C=O) groups is 1. The number of amides is 1. The lowest BCUT2D eigenvalue weighted by Crippen LogP contribution is -2.55. The Bertz CT molecular complexity index is 865. The number of hydrogen-bond donors (Lipinski definition) is 1. The summed E-state index contributed by atoms with van der Waals surface area (Å²) in [5, 5.41) is 9.87. The molecule has 0 aromatic heterocycles. The molecule has 7 nitrogen and oxygen atoms in total. The minimum Gasteiger partial charge on any atom is -0.381 e. The van der Waals surface area contributed by atoms with Gasteiger partial charge in [-0.1, -0.05) is 19.1 Å². The van der Waals surface area contributed by atoms with Crippen molar-refractivity contribution in [2.24, 2.45) is 27.8 Å². The summed E-state index contributed by atoms with van der Waals surface area (Å²) in [7, 11) is 0. The number of likely N-dealkylation sites (tertiary alicyclic amines) is 1. The van der Waals surface area contributed by atoms with Crippen LogP contribution in [0.1, 0.15) is 25.3 Å². The molecule has 2 saturated heterocycles. The van der Waals surface area contributed by atoms with E-state index in [9.17, 15) is 9.18 Å². The average molecular weight is 413 g/mol. The summed E-state index contributed by atoms with van der Waals surface area (Å²) >= 11 is 0. The molecule has 1 aromatic rings. The van der Waals surface area contributed by atoms with E-state index in [0.717, 1.165) is 62.9 Å². The fraction of sp³-hybridized carbons (Fsp3) is 0.591. The molecule has 1 aromatic carbocycles. The van der Waals surface area contributed by atoms with Gasteiger partial charge in [-0.25, -0.2) is 9.40 Å². The van der Waals surface area contributed by atoms with Gasteiger partial charge in [0.25, 0.3) is 5.91 Å². The predicted octanol–water partition coefficient (Wildman–Crippen LogP) is 1.85. The van der Waals surface area contributed by atoms with Crippen LogP contribution in [0.5, 0.6) is 0 Å². The van der Waals surface area contributed by atoms with E-state index in [1.165, 1.54) is 12.1 Å². The number of carbonyl (C=O) groups excluding carboxylic acids is 1. The number of nitrogens with zero attached hydrogens (tertiary/aromatic N) is 4. The zero-order valence-electron chi connectivity index (χ0n) is 17.3. The molecule has 30 heavy (non-hydrogen) atoms. The molecule has 4 heterocycles. The number of halogens is 1. The molecule has 3 unspecified atom stereocenters. The molecule has 5 rings (SSSR count). The number of aliphatic imine (C=N–C) groups is 1. The lowest BCUT2D eigenvalue weighted by Gasteiger charge is -2.34. The Labute approximate surface area is 176 Å². The van der Waals surface area contributed by atoms with Gasteiger partial charge in [-0.2, -0.15) is 5.10 Å². The van der Waals surface area contributed by atoms with E-state index in [1.807, 2.05) is 17.1 Å². The number of hydrazone groups is 1. The van der Waals surface area contributed by atoms with E-state index in [-0.39, 0.29) is 23.7 Å². The first kappa shape index (κ1) is 19.6. The number of fused-ring (bicyclic) bond motifs is 1. The van der Waals surface area contributed by atoms with Crippen molar-refractivity contribution in [2.75, 3.05) is 32.8 Å². The van der Waals surface area contributed by atoms with Crippen molar-refractivity contribution in [3.8, 4) is 0 Å². The van der Waals surface area contributed by atoms with Crippen LogP contribution in [0.2, 0.25) is 0 Å². The third-order valence-electron chi connectivity index (χ3n) is 6.67. The Balaban J connectivity index is 1.31. The first-order chi connectivity index (χ1) is 14.6. The molecule has 0 radical (unpaired) electrons. The second-order valence-electron chi connectivity index (χ2n) is 8.82. The van der Waals surface area contributed by atoms with E-state index in [0.29, 0.717) is 18.4 Å². The summed E-state index contributed by atoms with van der Waals surface area (Å²) < 4.78 is 18.7. The van der Waals surface area contributed by atoms with Crippen molar-refractivity contribution < 1.29 is 13.9 Å². The van der Waals surface area contributed by atoms with Crippen molar-refractivity contribution >= 4 is 17.6 Å². The molecule has 8 heteroatoms.